The lowest BCUT2D eigenvalue weighted by Gasteiger charge is -2.17. The molecule has 0 spiro atoms. The lowest BCUT2D eigenvalue weighted by molar-refractivity contribution is 1.47. The van der Waals surface area contributed by atoms with E-state index >= 15 is 0 Å². The highest BCUT2D eigenvalue weighted by Gasteiger charge is 2.19. The van der Waals surface area contributed by atoms with Gasteiger partial charge in [0.05, 0.1) is 0 Å². The minimum atomic E-state index is -0.0285. The van der Waals surface area contributed by atoms with Crippen molar-refractivity contribution in [3.63, 3.8) is 0 Å². The smallest absolute Gasteiger partial charge is 0.138 e. The molecule has 4 aromatic carbocycles. The molecule has 0 aliphatic rings. The van der Waals surface area contributed by atoms with Gasteiger partial charge in [-0.3, -0.25) is 0 Å². The van der Waals surface area contributed by atoms with Crippen LogP contribution in [0.5, 0.6) is 0 Å². The Morgan fingerprint density at radius 2 is 0.750 bits per heavy atom. The zero-order valence-electron chi connectivity index (χ0n) is 16.9. The number of fused-ring (bicyclic) bond motifs is 1. The van der Waals surface area contributed by atoms with Crippen LogP contribution in [0.25, 0.3) is 44.2 Å². The fourth-order valence-corrected chi connectivity index (χ4v) is 4.02. The van der Waals surface area contributed by atoms with Crippen molar-refractivity contribution in [1.29, 1.82) is 21.0 Å². The van der Waals surface area contributed by atoms with Crippen LogP contribution in [0.2, 0.25) is 0 Å². The Kier molecular flexibility index (Phi) is 5.46. The second-order valence-electron chi connectivity index (χ2n) is 6.97. The molecule has 0 radical (unpaired) electrons. The summed E-state index contributed by atoms with van der Waals surface area (Å²) < 4.78 is 0. The number of hydrogen-bond donors (Lipinski definition) is 0. The summed E-state index contributed by atoms with van der Waals surface area (Å²) in [5.74, 6) is 0. The summed E-state index contributed by atoms with van der Waals surface area (Å²) >= 11 is 0. The average Bonchev–Trinajstić information content (AvgIpc) is 2.87. The van der Waals surface area contributed by atoms with Crippen molar-refractivity contribution < 1.29 is 0 Å². The van der Waals surface area contributed by atoms with Gasteiger partial charge in [0.2, 0.25) is 0 Å². The van der Waals surface area contributed by atoms with Crippen LogP contribution in [0.1, 0.15) is 0 Å². The highest BCUT2D eigenvalue weighted by atomic mass is 14.3. The van der Waals surface area contributed by atoms with E-state index in [2.05, 4.69) is 0 Å². The molecule has 0 saturated heterocycles. The van der Waals surface area contributed by atoms with Gasteiger partial charge in [0.1, 0.15) is 35.4 Å². The van der Waals surface area contributed by atoms with Gasteiger partial charge in [-0.2, -0.15) is 21.0 Å². The second kappa shape index (κ2) is 8.69. The maximum atomic E-state index is 9.82. The van der Waals surface area contributed by atoms with Crippen molar-refractivity contribution in [2.45, 2.75) is 0 Å². The van der Waals surface area contributed by atoms with Crippen molar-refractivity contribution in [2.75, 3.05) is 0 Å². The molecule has 0 amide bonds. The largest absolute Gasteiger partial charge is 0.192 e. The normalized spacial score (nSPS) is 9.75. The summed E-state index contributed by atoms with van der Waals surface area (Å²) in [4.78, 5) is 0. The van der Waals surface area contributed by atoms with E-state index in [1.165, 1.54) is 0 Å². The van der Waals surface area contributed by atoms with Crippen LogP contribution in [-0.4, -0.2) is 0 Å². The number of nitriles is 4. The van der Waals surface area contributed by atoms with E-state index < -0.39 is 0 Å². The molecule has 4 rings (SSSR count). The molecule has 146 valence electrons. The van der Waals surface area contributed by atoms with E-state index in [1.54, 1.807) is 0 Å². The molecule has 4 nitrogen and oxygen atoms in total. The Labute approximate surface area is 185 Å². The van der Waals surface area contributed by atoms with Crippen molar-refractivity contribution in [2.24, 2.45) is 0 Å². The van der Waals surface area contributed by atoms with Crippen LogP contribution in [0.4, 0.5) is 0 Å². The first-order valence-corrected chi connectivity index (χ1v) is 9.79. The van der Waals surface area contributed by atoms with Gasteiger partial charge in [-0.15, -0.1) is 0 Å². The number of rotatable bonds is 2. The minimum absolute atomic E-state index is 0.0285. The van der Waals surface area contributed by atoms with E-state index in [9.17, 15) is 21.0 Å². The third-order valence-corrected chi connectivity index (χ3v) is 5.29. The lowest BCUT2D eigenvalue weighted by Crippen LogP contribution is -2.22. The molecule has 0 aromatic heterocycles. The van der Waals surface area contributed by atoms with E-state index in [4.69, 9.17) is 0 Å². The van der Waals surface area contributed by atoms with E-state index in [-0.39, 0.29) is 11.1 Å². The molecule has 0 aliphatic heterocycles. The van der Waals surface area contributed by atoms with Gasteiger partial charge >= 0.3 is 0 Å². The molecule has 0 atom stereocenters. The Hall–Kier alpha value is -5.16. The van der Waals surface area contributed by atoms with Crippen LogP contribution < -0.4 is 10.4 Å². The van der Waals surface area contributed by atoms with Gasteiger partial charge in [-0.25, -0.2) is 0 Å². The molecule has 0 bridgehead atoms. The van der Waals surface area contributed by atoms with Crippen molar-refractivity contribution in [1.82, 2.24) is 0 Å². The fourth-order valence-electron chi connectivity index (χ4n) is 4.02. The molecule has 0 fully saturated rings. The minimum Gasteiger partial charge on any atom is -0.192 e. The standard InChI is InChI=1S/C28H14N4/c29-15-21(16-30)25-23-13-7-8-14-24(23)26(22(17-31)18-32)28(20-11-5-2-6-12-20)27(25)19-9-3-1-4-10-19/h1-14H. The van der Waals surface area contributed by atoms with Crippen molar-refractivity contribution >= 4 is 21.9 Å². The molecule has 0 unspecified atom stereocenters. The van der Waals surface area contributed by atoms with Gasteiger partial charge in [-0.05, 0) is 21.9 Å². The summed E-state index contributed by atoms with van der Waals surface area (Å²) in [7, 11) is 0. The van der Waals surface area contributed by atoms with Crippen LogP contribution in [-0.2, 0) is 0 Å². The molecule has 0 N–H and O–H groups in total. The SMILES string of the molecule is N#CC(C#N)=c1c(-c2ccccc2)c(-c2ccccc2)c(=C(C#N)C#N)c2ccccc12. The monoisotopic (exact) mass is 406 g/mol. The molecule has 32 heavy (non-hydrogen) atoms. The Morgan fingerprint density at radius 3 is 1.06 bits per heavy atom. The highest BCUT2D eigenvalue weighted by molar-refractivity contribution is 6.03. The molecule has 4 heteroatoms. The van der Waals surface area contributed by atoms with Gasteiger partial charge < -0.3 is 0 Å². The zero-order valence-corrected chi connectivity index (χ0v) is 16.9. The molecule has 0 heterocycles. The first-order chi connectivity index (χ1) is 15.7. The number of nitrogens with zero attached hydrogens (tertiary/aromatic N) is 4. The first kappa shape index (κ1) is 20.1. The summed E-state index contributed by atoms with van der Waals surface area (Å²) in [6, 6.07) is 34.3. The Bertz CT molecular complexity index is 1480. The van der Waals surface area contributed by atoms with E-state index in [1.807, 2.05) is 109 Å². The van der Waals surface area contributed by atoms with Crippen LogP contribution in [0, 0.1) is 45.3 Å². The molecule has 4 aromatic rings. The molecular formula is C28H14N4. The maximum absolute atomic E-state index is 9.82. The third-order valence-electron chi connectivity index (χ3n) is 5.29. The van der Waals surface area contributed by atoms with Gasteiger partial charge in [-0.1, -0.05) is 84.9 Å². The second-order valence-corrected chi connectivity index (χ2v) is 6.97. The van der Waals surface area contributed by atoms with Gasteiger partial charge in [0.15, 0.2) is 0 Å². The topological polar surface area (TPSA) is 95.2 Å². The molecular weight excluding hydrogens is 392 g/mol. The first-order valence-electron chi connectivity index (χ1n) is 9.79. The van der Waals surface area contributed by atoms with Crippen LogP contribution in [0.15, 0.2) is 84.9 Å². The maximum Gasteiger partial charge on any atom is 0.138 e. The molecule has 0 saturated carbocycles. The van der Waals surface area contributed by atoms with Gasteiger partial charge in [0.25, 0.3) is 0 Å². The summed E-state index contributed by atoms with van der Waals surface area (Å²) in [5.41, 5.74) is 2.80. The lowest BCUT2D eigenvalue weighted by atomic mass is 9.85. The number of benzene rings is 4. The predicted molar refractivity (Wildman–Crippen MR) is 123 cm³/mol. The summed E-state index contributed by atoms with van der Waals surface area (Å²) in [6.45, 7) is 0. The molecule has 0 aliphatic carbocycles. The average molecular weight is 406 g/mol. The zero-order chi connectivity index (χ0) is 22.5. The summed E-state index contributed by atoms with van der Waals surface area (Å²) in [6.07, 6.45) is 0. The van der Waals surface area contributed by atoms with Crippen LogP contribution >= 0.6 is 0 Å². The highest BCUT2D eigenvalue weighted by Crippen LogP contribution is 2.30. The third kappa shape index (κ3) is 3.26. The van der Waals surface area contributed by atoms with E-state index in [0.29, 0.717) is 32.3 Å². The van der Waals surface area contributed by atoms with Gasteiger partial charge in [0, 0.05) is 21.6 Å². The predicted octanol–water partition coefficient (Wildman–Crippen LogP) is 4.57. The summed E-state index contributed by atoms with van der Waals surface area (Å²) in [5, 5.41) is 41.6. The van der Waals surface area contributed by atoms with Crippen molar-refractivity contribution in [3.8, 4) is 46.5 Å². The van der Waals surface area contributed by atoms with Crippen molar-refractivity contribution in [3.05, 3.63) is 95.4 Å². The van der Waals surface area contributed by atoms with E-state index in [0.717, 1.165) is 11.1 Å². The quantitative estimate of drug-likeness (QED) is 0.487. The Balaban J connectivity index is 2.54. The number of hydrogen-bond acceptors (Lipinski definition) is 4. The van der Waals surface area contributed by atoms with Crippen LogP contribution in [0.3, 0.4) is 0 Å². The Morgan fingerprint density at radius 1 is 0.438 bits per heavy atom. The fraction of sp³-hybridized carbons (Fsp3) is 0.